The standard InChI is InChI=1S/C26H25N5S/c1-17-9-12-23(28-16-17)30-14-6-8-22(30)25-24(21-7-4-5-13-27-21)29-26(32)31(25)20-11-10-18(2)19(3)15-20/h4-16,24-25H,1-3H3,(H,29,32)/t24-,25+/m1/s1. The molecule has 2 atom stereocenters. The van der Waals surface area contributed by atoms with Crippen molar-refractivity contribution in [2.24, 2.45) is 0 Å². The van der Waals surface area contributed by atoms with Crippen LogP contribution in [0.4, 0.5) is 5.69 Å². The fraction of sp³-hybridized carbons (Fsp3) is 0.192. The van der Waals surface area contributed by atoms with Crippen molar-refractivity contribution >= 4 is 23.0 Å². The average Bonchev–Trinajstić information content (AvgIpc) is 3.41. The Morgan fingerprint density at radius 3 is 2.50 bits per heavy atom. The monoisotopic (exact) mass is 439 g/mol. The van der Waals surface area contributed by atoms with Gasteiger partial charge in [0.2, 0.25) is 0 Å². The van der Waals surface area contributed by atoms with Crippen LogP contribution in [0.1, 0.15) is 40.2 Å². The number of hydrogen-bond donors (Lipinski definition) is 1. The van der Waals surface area contributed by atoms with Crippen molar-refractivity contribution in [3.8, 4) is 5.82 Å². The van der Waals surface area contributed by atoms with Crippen LogP contribution in [-0.2, 0) is 0 Å². The molecule has 32 heavy (non-hydrogen) atoms. The third-order valence-electron chi connectivity index (χ3n) is 6.09. The lowest BCUT2D eigenvalue weighted by Gasteiger charge is -2.29. The number of aryl methyl sites for hydroxylation is 3. The van der Waals surface area contributed by atoms with E-state index >= 15 is 0 Å². The number of nitrogens with one attached hydrogen (secondary N) is 1. The molecule has 1 aromatic carbocycles. The van der Waals surface area contributed by atoms with E-state index in [-0.39, 0.29) is 12.1 Å². The van der Waals surface area contributed by atoms with Gasteiger partial charge in [-0.3, -0.25) is 4.98 Å². The van der Waals surface area contributed by atoms with E-state index in [1.807, 2.05) is 31.5 Å². The van der Waals surface area contributed by atoms with Crippen LogP contribution in [0.5, 0.6) is 0 Å². The highest BCUT2D eigenvalue weighted by Gasteiger charge is 2.42. The highest BCUT2D eigenvalue weighted by molar-refractivity contribution is 7.80. The van der Waals surface area contributed by atoms with Crippen LogP contribution in [0.25, 0.3) is 5.82 Å². The second-order valence-corrected chi connectivity index (χ2v) is 8.65. The zero-order valence-corrected chi connectivity index (χ0v) is 19.2. The first-order chi connectivity index (χ1) is 15.5. The molecule has 0 spiro atoms. The molecule has 0 aliphatic carbocycles. The lowest BCUT2D eigenvalue weighted by molar-refractivity contribution is 0.548. The van der Waals surface area contributed by atoms with E-state index in [1.54, 1.807) is 0 Å². The predicted molar refractivity (Wildman–Crippen MR) is 132 cm³/mol. The van der Waals surface area contributed by atoms with Gasteiger partial charge >= 0.3 is 0 Å². The van der Waals surface area contributed by atoms with Crippen LogP contribution in [-0.4, -0.2) is 19.6 Å². The molecule has 1 N–H and O–H groups in total. The molecular weight excluding hydrogens is 414 g/mol. The smallest absolute Gasteiger partial charge is 0.174 e. The van der Waals surface area contributed by atoms with Crippen LogP contribution in [0.15, 0.2) is 79.3 Å². The SMILES string of the molecule is Cc1ccc(-n2cccc2[C@H]2[C@@H](c3ccccn3)NC(=S)N2c2ccc(C)c(C)c2)nc1. The number of thiocarbonyl (C=S) groups is 1. The van der Waals surface area contributed by atoms with E-state index in [2.05, 4.69) is 93.3 Å². The third-order valence-corrected chi connectivity index (χ3v) is 6.41. The molecule has 6 heteroatoms. The molecule has 4 heterocycles. The summed E-state index contributed by atoms with van der Waals surface area (Å²) in [6.07, 6.45) is 5.78. The van der Waals surface area contributed by atoms with Crippen molar-refractivity contribution in [2.45, 2.75) is 32.9 Å². The maximum Gasteiger partial charge on any atom is 0.174 e. The highest BCUT2D eigenvalue weighted by Crippen LogP contribution is 2.42. The highest BCUT2D eigenvalue weighted by atomic mass is 32.1. The topological polar surface area (TPSA) is 46.0 Å². The van der Waals surface area contributed by atoms with Crippen LogP contribution >= 0.6 is 12.2 Å². The molecule has 5 rings (SSSR count). The normalized spacial score (nSPS) is 18.1. The van der Waals surface area contributed by atoms with Crippen molar-refractivity contribution in [3.63, 3.8) is 0 Å². The summed E-state index contributed by atoms with van der Waals surface area (Å²) in [4.78, 5) is 11.5. The summed E-state index contributed by atoms with van der Waals surface area (Å²) in [5.74, 6) is 0.883. The van der Waals surface area contributed by atoms with Gasteiger partial charge in [-0.2, -0.15) is 0 Å². The summed E-state index contributed by atoms with van der Waals surface area (Å²) >= 11 is 5.87. The molecule has 3 aromatic heterocycles. The van der Waals surface area contributed by atoms with Crippen LogP contribution in [0.3, 0.4) is 0 Å². The molecule has 0 bridgehead atoms. The average molecular weight is 440 g/mol. The van der Waals surface area contributed by atoms with E-state index in [0.717, 1.165) is 28.5 Å². The van der Waals surface area contributed by atoms with Crippen molar-refractivity contribution in [2.75, 3.05) is 4.90 Å². The maximum absolute atomic E-state index is 5.87. The molecule has 0 unspecified atom stereocenters. The molecular formula is C26H25N5S. The number of aromatic nitrogens is 3. The number of anilines is 1. The Balaban J connectivity index is 1.67. The molecule has 1 saturated heterocycles. The summed E-state index contributed by atoms with van der Waals surface area (Å²) in [5, 5.41) is 4.23. The van der Waals surface area contributed by atoms with E-state index in [9.17, 15) is 0 Å². The van der Waals surface area contributed by atoms with Gasteiger partial charge in [0.15, 0.2) is 5.11 Å². The molecule has 1 fully saturated rings. The largest absolute Gasteiger partial charge is 0.351 e. The molecule has 1 aliphatic rings. The van der Waals surface area contributed by atoms with Crippen molar-refractivity contribution < 1.29 is 0 Å². The number of pyridine rings is 2. The first-order valence-corrected chi connectivity index (χ1v) is 11.1. The summed E-state index contributed by atoms with van der Waals surface area (Å²) in [7, 11) is 0. The van der Waals surface area contributed by atoms with Gasteiger partial charge in [-0.25, -0.2) is 4.98 Å². The third kappa shape index (κ3) is 3.56. The molecule has 1 aliphatic heterocycles. The van der Waals surface area contributed by atoms with E-state index in [0.29, 0.717) is 5.11 Å². The molecule has 5 nitrogen and oxygen atoms in total. The van der Waals surface area contributed by atoms with Crippen LogP contribution < -0.4 is 10.2 Å². The van der Waals surface area contributed by atoms with Gasteiger partial charge in [0.1, 0.15) is 11.9 Å². The zero-order chi connectivity index (χ0) is 22.2. The van der Waals surface area contributed by atoms with Gasteiger partial charge in [-0.05, 0) is 92.1 Å². The summed E-state index contributed by atoms with van der Waals surface area (Å²) in [6, 6.07) is 20.7. The van der Waals surface area contributed by atoms with E-state index < -0.39 is 0 Å². The minimum atomic E-state index is -0.0931. The maximum atomic E-state index is 5.87. The Hall–Kier alpha value is -3.51. The Bertz CT molecular complexity index is 1260. The van der Waals surface area contributed by atoms with Crippen molar-refractivity contribution in [1.29, 1.82) is 0 Å². The minimum absolute atomic E-state index is 0.0855. The summed E-state index contributed by atoms with van der Waals surface area (Å²) < 4.78 is 2.14. The van der Waals surface area contributed by atoms with Gasteiger partial charge in [0.25, 0.3) is 0 Å². The fourth-order valence-electron chi connectivity index (χ4n) is 4.26. The van der Waals surface area contributed by atoms with Gasteiger partial charge < -0.3 is 14.8 Å². The van der Waals surface area contributed by atoms with Crippen molar-refractivity contribution in [3.05, 3.63) is 107 Å². The molecule has 0 amide bonds. The molecule has 4 aromatic rings. The van der Waals surface area contributed by atoms with E-state index in [4.69, 9.17) is 12.2 Å². The van der Waals surface area contributed by atoms with Gasteiger partial charge in [-0.15, -0.1) is 0 Å². The molecule has 0 radical (unpaired) electrons. The first kappa shape index (κ1) is 20.4. The number of nitrogens with zero attached hydrogens (tertiary/aromatic N) is 4. The number of rotatable bonds is 4. The number of hydrogen-bond acceptors (Lipinski definition) is 3. The Morgan fingerprint density at radius 1 is 0.906 bits per heavy atom. The number of benzene rings is 1. The second kappa shape index (κ2) is 8.20. The van der Waals surface area contributed by atoms with Crippen LogP contribution in [0.2, 0.25) is 0 Å². The predicted octanol–water partition coefficient (Wildman–Crippen LogP) is 5.37. The van der Waals surface area contributed by atoms with Crippen molar-refractivity contribution in [1.82, 2.24) is 19.9 Å². The fourth-order valence-corrected chi connectivity index (χ4v) is 4.60. The summed E-state index contributed by atoms with van der Waals surface area (Å²) in [5.41, 5.74) is 6.75. The lowest BCUT2D eigenvalue weighted by atomic mass is 10.00. The molecule has 0 saturated carbocycles. The quantitative estimate of drug-likeness (QED) is 0.433. The zero-order valence-electron chi connectivity index (χ0n) is 18.4. The lowest BCUT2D eigenvalue weighted by Crippen LogP contribution is -2.30. The van der Waals surface area contributed by atoms with Gasteiger partial charge in [0.05, 0.1) is 11.7 Å². The van der Waals surface area contributed by atoms with Gasteiger partial charge in [0, 0.05) is 30.0 Å². The Kier molecular flexibility index (Phi) is 5.23. The summed E-state index contributed by atoms with van der Waals surface area (Å²) in [6.45, 7) is 6.31. The molecule has 160 valence electrons. The first-order valence-electron chi connectivity index (χ1n) is 10.7. The van der Waals surface area contributed by atoms with Crippen LogP contribution in [0, 0.1) is 20.8 Å². The van der Waals surface area contributed by atoms with E-state index in [1.165, 1.54) is 11.1 Å². The Morgan fingerprint density at radius 2 is 1.78 bits per heavy atom. The second-order valence-electron chi connectivity index (χ2n) is 8.26. The van der Waals surface area contributed by atoms with Gasteiger partial charge in [-0.1, -0.05) is 18.2 Å². The minimum Gasteiger partial charge on any atom is -0.351 e. The Labute approximate surface area is 193 Å².